The molecule has 0 radical (unpaired) electrons. The van der Waals surface area contributed by atoms with E-state index in [-0.39, 0.29) is 5.71 Å². The lowest BCUT2D eigenvalue weighted by atomic mass is 10.4. The average molecular weight is 145 g/mol. The van der Waals surface area contributed by atoms with E-state index in [2.05, 4.69) is 9.73 Å². The van der Waals surface area contributed by atoms with E-state index in [0.717, 1.165) is 7.11 Å². The number of carbonyl (C=O) groups excluding carboxylic acids is 1. The lowest BCUT2D eigenvalue weighted by Gasteiger charge is -1.90. The Bertz CT molecular complexity index is 184. The summed E-state index contributed by atoms with van der Waals surface area (Å²) >= 11 is 0. The number of methoxy groups -OCH3 is 1. The van der Waals surface area contributed by atoms with Crippen LogP contribution in [0.3, 0.4) is 0 Å². The van der Waals surface area contributed by atoms with Gasteiger partial charge in [-0.1, -0.05) is 0 Å². The van der Waals surface area contributed by atoms with Crippen molar-refractivity contribution in [1.82, 2.24) is 0 Å². The van der Waals surface area contributed by atoms with Crippen molar-refractivity contribution in [1.29, 1.82) is 0 Å². The zero-order valence-electron chi connectivity index (χ0n) is 5.62. The normalized spacial score (nSPS) is 10.8. The minimum Gasteiger partial charge on any atom is -0.477 e. The smallest absolute Gasteiger partial charge is 0.433 e. The van der Waals surface area contributed by atoms with Crippen molar-refractivity contribution in [2.75, 3.05) is 7.11 Å². The first-order chi connectivity index (χ1) is 4.57. The molecule has 0 aliphatic heterocycles. The summed E-state index contributed by atoms with van der Waals surface area (Å²) in [5.74, 6) is -1.23. The maximum Gasteiger partial charge on any atom is 0.433 e. The van der Waals surface area contributed by atoms with E-state index in [9.17, 15) is 9.59 Å². The fourth-order valence-corrected chi connectivity index (χ4v) is 0.230. The van der Waals surface area contributed by atoms with Gasteiger partial charge in [-0.3, -0.25) is 0 Å². The van der Waals surface area contributed by atoms with Gasteiger partial charge in [-0.05, 0) is 6.92 Å². The Kier molecular flexibility index (Phi) is 3.10. The summed E-state index contributed by atoms with van der Waals surface area (Å²) in [6.07, 6.45) is -0.903. The highest BCUT2D eigenvalue weighted by molar-refractivity contribution is 6.36. The van der Waals surface area contributed by atoms with Crippen LogP contribution in [0, 0.1) is 0 Å². The van der Waals surface area contributed by atoms with Gasteiger partial charge in [0.1, 0.15) is 5.71 Å². The number of carboxylic acids is 1. The van der Waals surface area contributed by atoms with E-state index >= 15 is 0 Å². The van der Waals surface area contributed by atoms with Crippen molar-refractivity contribution < 1.29 is 19.4 Å². The van der Waals surface area contributed by atoms with Crippen molar-refractivity contribution in [3.8, 4) is 0 Å². The topological polar surface area (TPSA) is 76.0 Å². The molecule has 10 heavy (non-hydrogen) atoms. The van der Waals surface area contributed by atoms with Crippen LogP contribution >= 0.6 is 0 Å². The fraction of sp³-hybridized carbons (Fsp3) is 0.400. The van der Waals surface area contributed by atoms with Crippen molar-refractivity contribution in [3.63, 3.8) is 0 Å². The Hall–Kier alpha value is -1.39. The molecule has 0 unspecified atom stereocenters. The molecule has 56 valence electrons. The molecule has 0 atom stereocenters. The molecule has 0 heterocycles. The summed E-state index contributed by atoms with van der Waals surface area (Å²) in [5, 5.41) is 8.19. The van der Waals surface area contributed by atoms with Crippen LogP contribution in [0.5, 0.6) is 0 Å². The molecule has 0 aliphatic rings. The van der Waals surface area contributed by atoms with E-state index in [1.165, 1.54) is 6.92 Å². The maximum absolute atomic E-state index is 10.3. The number of ether oxygens (including phenoxy) is 1. The Labute approximate surface area is 57.3 Å². The number of nitrogens with zero attached hydrogens (tertiary/aromatic N) is 1. The van der Waals surface area contributed by atoms with E-state index in [1.54, 1.807) is 0 Å². The summed E-state index contributed by atoms with van der Waals surface area (Å²) < 4.78 is 4.08. The molecular weight excluding hydrogens is 138 g/mol. The predicted octanol–water partition coefficient (Wildman–Crippen LogP) is 0.298. The number of carbonyl (C=O) groups is 2. The lowest BCUT2D eigenvalue weighted by Crippen LogP contribution is -2.10. The van der Waals surface area contributed by atoms with Crippen LogP contribution in [0.2, 0.25) is 0 Å². The number of hydrogen-bond acceptors (Lipinski definition) is 3. The van der Waals surface area contributed by atoms with Crippen molar-refractivity contribution in [2.45, 2.75) is 6.92 Å². The second-order valence-electron chi connectivity index (χ2n) is 1.47. The highest BCUT2D eigenvalue weighted by Gasteiger charge is 2.04. The van der Waals surface area contributed by atoms with Gasteiger partial charge in [-0.15, -0.1) is 0 Å². The minimum absolute atomic E-state index is 0.285. The number of aliphatic carboxylic acids is 1. The van der Waals surface area contributed by atoms with Crippen LogP contribution in [0.15, 0.2) is 4.99 Å². The molecule has 5 heteroatoms. The molecule has 0 fully saturated rings. The first kappa shape index (κ1) is 8.61. The lowest BCUT2D eigenvalue weighted by molar-refractivity contribution is -0.129. The Balaban J connectivity index is 4.16. The fourth-order valence-electron chi connectivity index (χ4n) is 0.230. The van der Waals surface area contributed by atoms with Crippen LogP contribution < -0.4 is 0 Å². The van der Waals surface area contributed by atoms with Gasteiger partial charge in [0.15, 0.2) is 0 Å². The molecule has 0 aromatic heterocycles. The average Bonchev–Trinajstić information content (AvgIpc) is 1.87. The van der Waals surface area contributed by atoms with Crippen LogP contribution in [-0.2, 0) is 9.53 Å². The van der Waals surface area contributed by atoms with Gasteiger partial charge in [0.25, 0.3) is 0 Å². The standard InChI is InChI=1S/C5H7NO4/c1-3(4(7)8)6-5(9)10-2/h1-2H3,(H,7,8). The quantitative estimate of drug-likeness (QED) is 0.538. The Morgan fingerprint density at radius 1 is 1.50 bits per heavy atom. The Morgan fingerprint density at radius 2 is 2.00 bits per heavy atom. The molecule has 0 saturated heterocycles. The summed E-state index contributed by atoms with van der Waals surface area (Å²) in [6, 6.07) is 0. The van der Waals surface area contributed by atoms with Crippen LogP contribution in [0.4, 0.5) is 4.79 Å². The van der Waals surface area contributed by atoms with Gasteiger partial charge in [-0.2, -0.15) is 4.99 Å². The first-order valence-electron chi connectivity index (χ1n) is 2.44. The van der Waals surface area contributed by atoms with Gasteiger partial charge in [-0.25, -0.2) is 9.59 Å². The SMILES string of the molecule is COC(=O)N=C(C)C(=O)O. The molecule has 0 aromatic rings. The third-order valence-electron chi connectivity index (χ3n) is 0.743. The molecule has 0 bridgehead atoms. The zero-order chi connectivity index (χ0) is 8.15. The van der Waals surface area contributed by atoms with E-state index in [4.69, 9.17) is 5.11 Å². The number of carboxylic acid groups (broad SMARTS) is 1. The molecule has 0 saturated carbocycles. The van der Waals surface area contributed by atoms with Gasteiger partial charge in [0.2, 0.25) is 0 Å². The molecule has 1 amide bonds. The van der Waals surface area contributed by atoms with Crippen molar-refractivity contribution in [2.24, 2.45) is 4.99 Å². The number of hydrogen-bond donors (Lipinski definition) is 1. The summed E-state index contributed by atoms with van der Waals surface area (Å²) in [5.41, 5.74) is -0.285. The molecule has 0 spiro atoms. The summed E-state index contributed by atoms with van der Waals surface area (Å²) in [7, 11) is 1.13. The second-order valence-corrected chi connectivity index (χ2v) is 1.47. The Morgan fingerprint density at radius 3 is 2.30 bits per heavy atom. The van der Waals surface area contributed by atoms with E-state index in [1.807, 2.05) is 0 Å². The van der Waals surface area contributed by atoms with Crippen LogP contribution in [-0.4, -0.2) is 30.0 Å². The highest BCUT2D eigenvalue weighted by Crippen LogP contribution is 1.83. The zero-order valence-corrected chi connectivity index (χ0v) is 5.62. The number of amides is 1. The first-order valence-corrected chi connectivity index (χ1v) is 2.44. The summed E-state index contributed by atoms with van der Waals surface area (Å²) in [6.45, 7) is 1.21. The third kappa shape index (κ3) is 2.81. The van der Waals surface area contributed by atoms with Crippen molar-refractivity contribution >= 4 is 17.8 Å². The van der Waals surface area contributed by atoms with Crippen molar-refractivity contribution in [3.05, 3.63) is 0 Å². The largest absolute Gasteiger partial charge is 0.477 e. The molecule has 0 rings (SSSR count). The van der Waals surface area contributed by atoms with Crippen LogP contribution in [0.25, 0.3) is 0 Å². The molecule has 0 aromatic carbocycles. The highest BCUT2D eigenvalue weighted by atomic mass is 16.5. The molecular formula is C5H7NO4. The van der Waals surface area contributed by atoms with Gasteiger partial charge >= 0.3 is 12.1 Å². The number of aliphatic imine (C=N–C) groups is 1. The predicted molar refractivity (Wildman–Crippen MR) is 33.1 cm³/mol. The van der Waals surface area contributed by atoms with Gasteiger partial charge in [0, 0.05) is 0 Å². The summed E-state index contributed by atoms with van der Waals surface area (Å²) in [4.78, 5) is 23.3. The molecule has 0 aliphatic carbocycles. The molecule has 1 N–H and O–H groups in total. The third-order valence-corrected chi connectivity index (χ3v) is 0.743. The van der Waals surface area contributed by atoms with E-state index in [0.29, 0.717) is 0 Å². The van der Waals surface area contributed by atoms with Gasteiger partial charge < -0.3 is 9.84 Å². The molecule has 5 nitrogen and oxygen atoms in total. The number of rotatable bonds is 1. The van der Waals surface area contributed by atoms with Gasteiger partial charge in [0.05, 0.1) is 7.11 Å². The monoisotopic (exact) mass is 145 g/mol. The maximum atomic E-state index is 10.3. The van der Waals surface area contributed by atoms with Crippen LogP contribution in [0.1, 0.15) is 6.92 Å². The van der Waals surface area contributed by atoms with E-state index < -0.39 is 12.1 Å². The second kappa shape index (κ2) is 3.60. The minimum atomic E-state index is -1.23.